The fraction of sp³-hybridized carbons (Fsp3) is 0.500. The summed E-state index contributed by atoms with van der Waals surface area (Å²) < 4.78 is 33.0. The third-order valence-electron chi connectivity index (χ3n) is 3.94. The zero-order chi connectivity index (χ0) is 16.4. The lowest BCUT2D eigenvalue weighted by atomic mass is 9.88. The molecular weight excluding hydrogens is 292 g/mol. The van der Waals surface area contributed by atoms with Gasteiger partial charge in [-0.2, -0.15) is 0 Å². The van der Waals surface area contributed by atoms with Crippen molar-refractivity contribution in [1.29, 1.82) is 0 Å². The molecule has 0 aromatic heterocycles. The molecule has 1 saturated heterocycles. The van der Waals surface area contributed by atoms with E-state index in [1.807, 2.05) is 0 Å². The predicted octanol–water partition coefficient (Wildman–Crippen LogP) is 2.40. The monoisotopic (exact) mass is 311 g/mol. The van der Waals surface area contributed by atoms with Gasteiger partial charge in [0, 0.05) is 23.9 Å². The summed E-state index contributed by atoms with van der Waals surface area (Å²) in [5, 5.41) is 0. The molecule has 1 heterocycles. The molecule has 1 aromatic rings. The summed E-state index contributed by atoms with van der Waals surface area (Å²) in [6.07, 6.45) is 0. The summed E-state index contributed by atoms with van der Waals surface area (Å²) in [7, 11) is 0. The van der Waals surface area contributed by atoms with E-state index < -0.39 is 29.4 Å². The van der Waals surface area contributed by atoms with Gasteiger partial charge in [-0.25, -0.2) is 8.78 Å². The molecule has 0 bridgehead atoms. The molecule has 1 fully saturated rings. The molecule has 0 spiro atoms. The minimum Gasteiger partial charge on any atom is -0.465 e. The van der Waals surface area contributed by atoms with Crippen LogP contribution in [0.4, 0.5) is 8.78 Å². The normalized spacial score (nSPS) is 21.3. The molecule has 6 heteroatoms. The summed E-state index contributed by atoms with van der Waals surface area (Å²) in [5.41, 5.74) is 0.400. The van der Waals surface area contributed by atoms with Crippen molar-refractivity contribution in [2.75, 3.05) is 19.7 Å². The number of halogens is 2. The molecule has 0 saturated carbocycles. The Kier molecular flexibility index (Phi) is 4.78. The van der Waals surface area contributed by atoms with Crippen LogP contribution in [0.3, 0.4) is 0 Å². The van der Waals surface area contributed by atoms with Crippen LogP contribution in [0.2, 0.25) is 0 Å². The lowest BCUT2D eigenvalue weighted by molar-refractivity contribution is -0.148. The van der Waals surface area contributed by atoms with Crippen molar-refractivity contribution < 1.29 is 23.1 Å². The SMILES string of the molecule is CCOC(=O)CN1C[C@@H](c2c(F)cc(C)cc2F)[C@H](C)C1=O. The van der Waals surface area contributed by atoms with Crippen molar-refractivity contribution in [1.82, 2.24) is 4.90 Å². The summed E-state index contributed by atoms with van der Waals surface area (Å²) >= 11 is 0. The third kappa shape index (κ3) is 3.10. The van der Waals surface area contributed by atoms with Gasteiger partial charge in [-0.3, -0.25) is 9.59 Å². The van der Waals surface area contributed by atoms with E-state index in [0.29, 0.717) is 5.56 Å². The largest absolute Gasteiger partial charge is 0.465 e. The molecule has 1 aliphatic heterocycles. The number of amides is 1. The number of rotatable bonds is 4. The fourth-order valence-corrected chi connectivity index (χ4v) is 2.86. The first-order chi connectivity index (χ1) is 10.3. The van der Waals surface area contributed by atoms with Crippen LogP contribution in [-0.4, -0.2) is 36.5 Å². The highest BCUT2D eigenvalue weighted by Gasteiger charge is 2.41. The lowest BCUT2D eigenvalue weighted by Gasteiger charge is -2.17. The second-order valence-corrected chi connectivity index (χ2v) is 5.56. The molecule has 4 nitrogen and oxygen atoms in total. The summed E-state index contributed by atoms with van der Waals surface area (Å²) in [6.45, 7) is 5.04. The number of benzene rings is 1. The van der Waals surface area contributed by atoms with Crippen molar-refractivity contribution in [3.63, 3.8) is 0 Å². The van der Waals surface area contributed by atoms with Gasteiger partial charge in [0.1, 0.15) is 18.2 Å². The number of carbonyl (C=O) groups excluding carboxylic acids is 2. The summed E-state index contributed by atoms with van der Waals surface area (Å²) in [5.74, 6) is -3.31. The number of ether oxygens (including phenoxy) is 1. The zero-order valence-electron chi connectivity index (χ0n) is 12.9. The van der Waals surface area contributed by atoms with E-state index >= 15 is 0 Å². The number of aryl methyl sites for hydroxylation is 1. The van der Waals surface area contributed by atoms with E-state index in [4.69, 9.17) is 4.74 Å². The van der Waals surface area contributed by atoms with E-state index in [9.17, 15) is 18.4 Å². The highest BCUT2D eigenvalue weighted by atomic mass is 19.1. The molecule has 0 unspecified atom stereocenters. The van der Waals surface area contributed by atoms with Crippen LogP contribution < -0.4 is 0 Å². The Balaban J connectivity index is 2.24. The summed E-state index contributed by atoms with van der Waals surface area (Å²) in [6, 6.07) is 2.51. The molecule has 1 aromatic carbocycles. The molecule has 22 heavy (non-hydrogen) atoms. The Hall–Kier alpha value is -1.98. The molecule has 0 N–H and O–H groups in total. The van der Waals surface area contributed by atoms with E-state index in [2.05, 4.69) is 0 Å². The van der Waals surface area contributed by atoms with Crippen molar-refractivity contribution >= 4 is 11.9 Å². The van der Waals surface area contributed by atoms with Gasteiger partial charge >= 0.3 is 5.97 Å². The second-order valence-electron chi connectivity index (χ2n) is 5.56. The predicted molar refractivity (Wildman–Crippen MR) is 76.2 cm³/mol. The van der Waals surface area contributed by atoms with Crippen molar-refractivity contribution in [2.24, 2.45) is 5.92 Å². The third-order valence-corrected chi connectivity index (χ3v) is 3.94. The number of esters is 1. The minimum absolute atomic E-state index is 0.0854. The van der Waals surface area contributed by atoms with Gasteiger partial charge in [0.15, 0.2) is 0 Å². The topological polar surface area (TPSA) is 46.6 Å². The molecule has 2 atom stereocenters. The molecule has 2 rings (SSSR count). The Bertz CT molecular complexity index is 580. The molecule has 120 valence electrons. The molecule has 0 aliphatic carbocycles. The van der Waals surface area contributed by atoms with E-state index in [1.165, 1.54) is 17.0 Å². The van der Waals surface area contributed by atoms with Crippen molar-refractivity contribution in [3.8, 4) is 0 Å². The first kappa shape index (κ1) is 16.4. The number of likely N-dealkylation sites (tertiary alicyclic amines) is 1. The number of hydrogen-bond donors (Lipinski definition) is 0. The van der Waals surface area contributed by atoms with Gasteiger partial charge in [0.25, 0.3) is 0 Å². The minimum atomic E-state index is -0.653. The zero-order valence-corrected chi connectivity index (χ0v) is 12.9. The van der Waals surface area contributed by atoms with Crippen LogP contribution in [0.1, 0.15) is 30.9 Å². The van der Waals surface area contributed by atoms with Gasteiger partial charge in [-0.05, 0) is 31.5 Å². The molecule has 1 amide bonds. The maximum atomic E-state index is 14.1. The van der Waals surface area contributed by atoms with E-state index in [0.717, 1.165) is 0 Å². The number of nitrogens with zero attached hydrogens (tertiary/aromatic N) is 1. The Morgan fingerprint density at radius 2 is 1.95 bits per heavy atom. The Morgan fingerprint density at radius 1 is 1.36 bits per heavy atom. The molecule has 1 aliphatic rings. The Morgan fingerprint density at radius 3 is 2.50 bits per heavy atom. The highest BCUT2D eigenvalue weighted by molar-refractivity contribution is 5.86. The van der Waals surface area contributed by atoms with Gasteiger partial charge in [-0.1, -0.05) is 6.92 Å². The van der Waals surface area contributed by atoms with Gasteiger partial charge in [0.2, 0.25) is 5.91 Å². The lowest BCUT2D eigenvalue weighted by Crippen LogP contribution is -2.33. The highest BCUT2D eigenvalue weighted by Crippen LogP contribution is 2.36. The number of hydrogen-bond acceptors (Lipinski definition) is 3. The van der Waals surface area contributed by atoms with Crippen molar-refractivity contribution in [3.05, 3.63) is 34.9 Å². The maximum Gasteiger partial charge on any atom is 0.325 e. The second kappa shape index (κ2) is 6.42. The molecule has 0 radical (unpaired) electrons. The first-order valence-corrected chi connectivity index (χ1v) is 7.25. The first-order valence-electron chi connectivity index (χ1n) is 7.25. The fourth-order valence-electron chi connectivity index (χ4n) is 2.86. The van der Waals surface area contributed by atoms with Crippen LogP contribution in [0.15, 0.2) is 12.1 Å². The average molecular weight is 311 g/mol. The van der Waals surface area contributed by atoms with Crippen molar-refractivity contribution in [2.45, 2.75) is 26.7 Å². The van der Waals surface area contributed by atoms with Gasteiger partial charge in [0.05, 0.1) is 6.61 Å². The van der Waals surface area contributed by atoms with Gasteiger partial charge < -0.3 is 9.64 Å². The number of carbonyl (C=O) groups is 2. The smallest absolute Gasteiger partial charge is 0.325 e. The summed E-state index contributed by atoms with van der Waals surface area (Å²) in [4.78, 5) is 25.0. The standard InChI is InChI=1S/C16H19F2NO3/c1-4-22-14(20)8-19-7-11(10(3)16(19)21)15-12(17)5-9(2)6-13(15)18/h5-6,10-11H,4,7-8H2,1-3H3/t10-,11+/m0/s1. The van der Waals surface area contributed by atoms with Crippen LogP contribution >= 0.6 is 0 Å². The maximum absolute atomic E-state index is 14.1. The van der Waals surface area contributed by atoms with E-state index in [-0.39, 0.29) is 31.2 Å². The Labute approximate surface area is 128 Å². The van der Waals surface area contributed by atoms with Gasteiger partial charge in [-0.15, -0.1) is 0 Å². The average Bonchev–Trinajstić information content (AvgIpc) is 2.67. The van der Waals surface area contributed by atoms with Crippen LogP contribution in [0.25, 0.3) is 0 Å². The molecular formula is C16H19F2NO3. The van der Waals surface area contributed by atoms with Crippen LogP contribution in [0.5, 0.6) is 0 Å². The van der Waals surface area contributed by atoms with E-state index in [1.54, 1.807) is 20.8 Å². The van der Waals surface area contributed by atoms with Crippen LogP contribution in [-0.2, 0) is 14.3 Å². The van der Waals surface area contributed by atoms with Crippen LogP contribution in [0, 0.1) is 24.5 Å². The quantitative estimate of drug-likeness (QED) is 0.802.